The fraction of sp³-hybridized carbons (Fsp3) is 0.316. The lowest BCUT2D eigenvalue weighted by atomic mass is 10.1. The number of anilines is 1. The molecule has 0 saturated heterocycles. The lowest BCUT2D eigenvalue weighted by Gasteiger charge is -2.14. The van der Waals surface area contributed by atoms with Gasteiger partial charge in [0.15, 0.2) is 0 Å². The molecule has 0 bridgehead atoms. The van der Waals surface area contributed by atoms with Crippen LogP contribution in [0, 0.1) is 27.7 Å². The summed E-state index contributed by atoms with van der Waals surface area (Å²) in [6.45, 7) is 8.92. The maximum Gasteiger partial charge on any atom is 0.319 e. The molecule has 0 spiro atoms. The van der Waals surface area contributed by atoms with Gasteiger partial charge in [0.25, 0.3) is 0 Å². The van der Waals surface area contributed by atoms with Crippen LogP contribution in [0.5, 0.6) is 5.75 Å². The molecular weight excluding hydrogens is 288 g/mol. The van der Waals surface area contributed by atoms with E-state index in [1.165, 1.54) is 5.56 Å². The Morgan fingerprint density at radius 1 is 1.00 bits per heavy atom. The van der Waals surface area contributed by atoms with Gasteiger partial charge < -0.3 is 15.4 Å². The summed E-state index contributed by atoms with van der Waals surface area (Å²) in [6.07, 6.45) is 0. The Morgan fingerprint density at radius 2 is 1.65 bits per heavy atom. The molecule has 0 saturated carbocycles. The molecule has 0 unspecified atom stereocenters. The predicted molar refractivity (Wildman–Crippen MR) is 94.3 cm³/mol. The van der Waals surface area contributed by atoms with Crippen LogP contribution in [0.15, 0.2) is 36.4 Å². The van der Waals surface area contributed by atoms with E-state index >= 15 is 0 Å². The lowest BCUT2D eigenvalue weighted by Crippen LogP contribution is -2.32. The van der Waals surface area contributed by atoms with Gasteiger partial charge in [0, 0.05) is 5.69 Å². The van der Waals surface area contributed by atoms with Gasteiger partial charge in [0.1, 0.15) is 12.4 Å². The van der Waals surface area contributed by atoms with Crippen molar-refractivity contribution in [3.8, 4) is 5.75 Å². The van der Waals surface area contributed by atoms with E-state index in [0.717, 1.165) is 28.1 Å². The predicted octanol–water partition coefficient (Wildman–Crippen LogP) is 4.12. The zero-order chi connectivity index (χ0) is 16.8. The Balaban J connectivity index is 1.81. The standard InChI is InChI=1S/C19H24N2O2/c1-13-11-15(3)18(16(4)12-13)21-19(22)20-9-10-23-17-8-6-5-7-14(17)2/h5-8,11-12H,9-10H2,1-4H3,(H2,20,21,22). The van der Waals surface area contributed by atoms with E-state index in [4.69, 9.17) is 4.74 Å². The maximum atomic E-state index is 12.0. The second kappa shape index (κ2) is 7.68. The Bertz CT molecular complexity index is 673. The van der Waals surface area contributed by atoms with Crippen LogP contribution in [0.2, 0.25) is 0 Å². The van der Waals surface area contributed by atoms with Crippen molar-refractivity contribution < 1.29 is 9.53 Å². The second-order valence-corrected chi connectivity index (χ2v) is 5.77. The number of nitrogens with one attached hydrogen (secondary N) is 2. The van der Waals surface area contributed by atoms with Crippen molar-refractivity contribution in [3.63, 3.8) is 0 Å². The highest BCUT2D eigenvalue weighted by molar-refractivity contribution is 5.91. The Kier molecular flexibility index (Phi) is 5.63. The molecule has 4 nitrogen and oxygen atoms in total. The quantitative estimate of drug-likeness (QED) is 0.816. The first-order valence-electron chi connectivity index (χ1n) is 7.78. The highest BCUT2D eigenvalue weighted by Crippen LogP contribution is 2.21. The van der Waals surface area contributed by atoms with Gasteiger partial charge in [-0.3, -0.25) is 0 Å². The van der Waals surface area contributed by atoms with E-state index < -0.39 is 0 Å². The SMILES string of the molecule is Cc1cc(C)c(NC(=O)NCCOc2ccccc2C)c(C)c1. The van der Waals surface area contributed by atoms with Crippen molar-refractivity contribution in [2.45, 2.75) is 27.7 Å². The van der Waals surface area contributed by atoms with Crippen LogP contribution < -0.4 is 15.4 Å². The third-order valence-corrected chi connectivity index (χ3v) is 3.65. The molecule has 0 aromatic heterocycles. The molecule has 2 rings (SSSR count). The van der Waals surface area contributed by atoms with Crippen molar-refractivity contribution in [3.05, 3.63) is 58.7 Å². The Morgan fingerprint density at radius 3 is 2.30 bits per heavy atom. The fourth-order valence-corrected chi connectivity index (χ4v) is 2.58. The number of hydrogen-bond acceptors (Lipinski definition) is 2. The molecule has 0 fully saturated rings. The second-order valence-electron chi connectivity index (χ2n) is 5.77. The minimum absolute atomic E-state index is 0.214. The van der Waals surface area contributed by atoms with E-state index in [9.17, 15) is 4.79 Å². The monoisotopic (exact) mass is 312 g/mol. The molecule has 0 heterocycles. The summed E-state index contributed by atoms with van der Waals surface area (Å²) in [7, 11) is 0. The van der Waals surface area contributed by atoms with Crippen molar-refractivity contribution in [1.29, 1.82) is 0 Å². The van der Waals surface area contributed by atoms with Crippen molar-refractivity contribution in [2.24, 2.45) is 0 Å². The molecule has 2 amide bonds. The van der Waals surface area contributed by atoms with Gasteiger partial charge in [-0.05, 0) is 50.5 Å². The topological polar surface area (TPSA) is 50.4 Å². The summed E-state index contributed by atoms with van der Waals surface area (Å²) >= 11 is 0. The van der Waals surface area contributed by atoms with E-state index in [1.54, 1.807) is 0 Å². The van der Waals surface area contributed by atoms with E-state index in [2.05, 4.69) is 22.8 Å². The minimum Gasteiger partial charge on any atom is -0.491 e. The van der Waals surface area contributed by atoms with E-state index in [1.807, 2.05) is 52.0 Å². The molecule has 0 aliphatic carbocycles. The number of hydrogen-bond donors (Lipinski definition) is 2. The number of ether oxygens (including phenoxy) is 1. The maximum absolute atomic E-state index is 12.0. The smallest absolute Gasteiger partial charge is 0.319 e. The molecule has 2 aromatic carbocycles. The van der Waals surface area contributed by atoms with Crippen LogP contribution in [0.3, 0.4) is 0 Å². The molecule has 0 aliphatic rings. The molecule has 0 atom stereocenters. The van der Waals surface area contributed by atoms with Gasteiger partial charge in [0.2, 0.25) is 0 Å². The number of amides is 2. The third-order valence-electron chi connectivity index (χ3n) is 3.65. The fourth-order valence-electron chi connectivity index (χ4n) is 2.58. The van der Waals surface area contributed by atoms with Crippen molar-refractivity contribution in [1.82, 2.24) is 5.32 Å². The summed E-state index contributed by atoms with van der Waals surface area (Å²) in [5.41, 5.74) is 5.27. The summed E-state index contributed by atoms with van der Waals surface area (Å²) < 4.78 is 5.66. The number of para-hydroxylation sites is 1. The Labute approximate surface area is 137 Å². The summed E-state index contributed by atoms with van der Waals surface area (Å²) in [6, 6.07) is 11.7. The molecule has 2 aromatic rings. The molecular formula is C19H24N2O2. The largest absolute Gasteiger partial charge is 0.491 e. The molecule has 2 N–H and O–H groups in total. The van der Waals surface area contributed by atoms with Crippen molar-refractivity contribution >= 4 is 11.7 Å². The average Bonchev–Trinajstić information content (AvgIpc) is 2.49. The number of rotatable bonds is 5. The van der Waals surface area contributed by atoms with Gasteiger partial charge in [0.05, 0.1) is 6.54 Å². The van der Waals surface area contributed by atoms with Gasteiger partial charge in [-0.25, -0.2) is 4.79 Å². The zero-order valence-corrected chi connectivity index (χ0v) is 14.2. The van der Waals surface area contributed by atoms with Crippen molar-refractivity contribution in [2.75, 3.05) is 18.5 Å². The van der Waals surface area contributed by atoms with Gasteiger partial charge in [-0.2, -0.15) is 0 Å². The number of carbonyl (C=O) groups is 1. The van der Waals surface area contributed by atoms with Crippen LogP contribution in [0.1, 0.15) is 22.3 Å². The number of urea groups is 1. The van der Waals surface area contributed by atoms with Gasteiger partial charge >= 0.3 is 6.03 Å². The van der Waals surface area contributed by atoms with Crippen LogP contribution in [0.25, 0.3) is 0 Å². The van der Waals surface area contributed by atoms with Crippen LogP contribution in [0.4, 0.5) is 10.5 Å². The Hall–Kier alpha value is -2.49. The number of aryl methyl sites for hydroxylation is 4. The van der Waals surface area contributed by atoms with Gasteiger partial charge in [-0.1, -0.05) is 35.9 Å². The first-order valence-corrected chi connectivity index (χ1v) is 7.78. The molecule has 23 heavy (non-hydrogen) atoms. The summed E-state index contributed by atoms with van der Waals surface area (Å²) in [5, 5.41) is 5.73. The van der Waals surface area contributed by atoms with Crippen LogP contribution in [-0.2, 0) is 0 Å². The number of carbonyl (C=O) groups excluding carboxylic acids is 1. The minimum atomic E-state index is -0.214. The number of benzene rings is 2. The normalized spacial score (nSPS) is 10.3. The third kappa shape index (κ3) is 4.74. The molecule has 0 aliphatic heterocycles. The van der Waals surface area contributed by atoms with E-state index in [0.29, 0.717) is 13.2 Å². The molecule has 122 valence electrons. The average molecular weight is 312 g/mol. The lowest BCUT2D eigenvalue weighted by molar-refractivity contribution is 0.247. The summed E-state index contributed by atoms with van der Waals surface area (Å²) in [4.78, 5) is 12.0. The summed E-state index contributed by atoms with van der Waals surface area (Å²) in [5.74, 6) is 0.847. The first kappa shape index (κ1) is 16.9. The highest BCUT2D eigenvalue weighted by atomic mass is 16.5. The highest BCUT2D eigenvalue weighted by Gasteiger charge is 2.07. The van der Waals surface area contributed by atoms with E-state index in [-0.39, 0.29) is 6.03 Å². The van der Waals surface area contributed by atoms with Gasteiger partial charge in [-0.15, -0.1) is 0 Å². The zero-order valence-electron chi connectivity index (χ0n) is 14.2. The molecule has 0 radical (unpaired) electrons. The first-order chi connectivity index (χ1) is 11.0. The van der Waals surface area contributed by atoms with Crippen LogP contribution >= 0.6 is 0 Å². The van der Waals surface area contributed by atoms with Crippen LogP contribution in [-0.4, -0.2) is 19.2 Å². The molecule has 4 heteroatoms.